The molecule has 118 valence electrons. The van der Waals surface area contributed by atoms with E-state index in [4.69, 9.17) is 9.47 Å². The molecule has 1 aliphatic heterocycles. The van der Waals surface area contributed by atoms with E-state index in [9.17, 15) is 4.79 Å². The predicted octanol–water partition coefficient (Wildman–Crippen LogP) is 2.08. The van der Waals surface area contributed by atoms with E-state index in [2.05, 4.69) is 18.7 Å². The van der Waals surface area contributed by atoms with Crippen LogP contribution in [-0.4, -0.2) is 49.8 Å². The van der Waals surface area contributed by atoms with Gasteiger partial charge >= 0.3 is 5.97 Å². The number of nitrogens with zero attached hydrogens (tertiary/aromatic N) is 1. The van der Waals surface area contributed by atoms with Crippen molar-refractivity contribution in [2.24, 2.45) is 22.7 Å². The molecule has 0 N–H and O–H groups in total. The maximum absolute atomic E-state index is 12.8. The van der Waals surface area contributed by atoms with Crippen molar-refractivity contribution in [2.75, 3.05) is 33.4 Å². The van der Waals surface area contributed by atoms with Crippen LogP contribution in [0.1, 0.15) is 39.5 Å². The van der Waals surface area contributed by atoms with E-state index < -0.39 is 0 Å². The van der Waals surface area contributed by atoms with Gasteiger partial charge in [0.2, 0.25) is 0 Å². The van der Waals surface area contributed by atoms with Crippen LogP contribution >= 0.6 is 0 Å². The van der Waals surface area contributed by atoms with E-state index in [0.717, 1.165) is 32.7 Å². The van der Waals surface area contributed by atoms with E-state index in [1.165, 1.54) is 19.3 Å². The highest BCUT2D eigenvalue weighted by molar-refractivity contribution is 5.88. The third-order valence-electron chi connectivity index (χ3n) is 7.28. The highest BCUT2D eigenvalue weighted by atomic mass is 16.5. The van der Waals surface area contributed by atoms with Crippen LogP contribution in [0.25, 0.3) is 0 Å². The van der Waals surface area contributed by atoms with Crippen molar-refractivity contribution in [3.05, 3.63) is 0 Å². The Kier molecular flexibility index (Phi) is 2.82. The third kappa shape index (κ3) is 1.29. The average Bonchev–Trinajstić information content (AvgIpc) is 2.96. The summed E-state index contributed by atoms with van der Waals surface area (Å²) in [5, 5.41) is 0. The van der Waals surface area contributed by atoms with Gasteiger partial charge in [0.05, 0.1) is 25.7 Å². The zero-order valence-corrected chi connectivity index (χ0v) is 13.5. The first-order valence-corrected chi connectivity index (χ1v) is 8.46. The standard InChI is InChI=1S/C17H27NO3/c1-15(2)13-12-6-4-5-7-16(12,17(13,15)14(19)20-3)18-8-10-21-11-9-18/h12-13H,4-11H2,1-3H3/t12-,13+,16+,17-/m1/s1. The number of methoxy groups -OCH3 is 1. The first kappa shape index (κ1) is 14.0. The van der Waals surface area contributed by atoms with Crippen molar-refractivity contribution in [2.45, 2.75) is 45.1 Å². The third-order valence-corrected chi connectivity index (χ3v) is 7.28. The molecule has 1 heterocycles. The fraction of sp³-hybridized carbons (Fsp3) is 0.941. The second-order valence-corrected chi connectivity index (χ2v) is 7.87. The van der Waals surface area contributed by atoms with Gasteiger partial charge in [0.1, 0.15) is 0 Å². The van der Waals surface area contributed by atoms with Crippen LogP contribution in [0.3, 0.4) is 0 Å². The topological polar surface area (TPSA) is 38.8 Å². The summed E-state index contributed by atoms with van der Waals surface area (Å²) in [6, 6.07) is 0. The second-order valence-electron chi connectivity index (χ2n) is 7.87. The van der Waals surface area contributed by atoms with Crippen LogP contribution in [0, 0.1) is 22.7 Å². The van der Waals surface area contributed by atoms with Crippen LogP contribution in [0.2, 0.25) is 0 Å². The van der Waals surface area contributed by atoms with Crippen molar-refractivity contribution in [3.8, 4) is 0 Å². The minimum absolute atomic E-state index is 0.0436. The molecule has 4 atom stereocenters. The van der Waals surface area contributed by atoms with Crippen molar-refractivity contribution >= 4 is 5.97 Å². The molecular weight excluding hydrogens is 266 g/mol. The summed E-state index contributed by atoms with van der Waals surface area (Å²) in [7, 11) is 1.56. The molecule has 21 heavy (non-hydrogen) atoms. The smallest absolute Gasteiger partial charge is 0.314 e. The molecule has 1 saturated heterocycles. The Morgan fingerprint density at radius 1 is 1.24 bits per heavy atom. The minimum atomic E-state index is -0.253. The number of carbonyl (C=O) groups excluding carboxylic acids is 1. The van der Waals surface area contributed by atoms with Gasteiger partial charge in [0.15, 0.2) is 0 Å². The molecule has 0 aromatic rings. The molecule has 3 aliphatic carbocycles. The molecule has 0 aromatic heterocycles. The zero-order valence-electron chi connectivity index (χ0n) is 13.5. The first-order valence-electron chi connectivity index (χ1n) is 8.46. The van der Waals surface area contributed by atoms with Gasteiger partial charge in [-0.25, -0.2) is 0 Å². The maximum Gasteiger partial charge on any atom is 0.314 e. The average molecular weight is 293 g/mol. The van der Waals surface area contributed by atoms with Crippen LogP contribution < -0.4 is 0 Å². The van der Waals surface area contributed by atoms with E-state index >= 15 is 0 Å². The molecule has 4 rings (SSSR count). The number of hydrogen-bond acceptors (Lipinski definition) is 4. The molecule has 4 heteroatoms. The Balaban J connectivity index is 1.78. The highest BCUT2D eigenvalue weighted by Gasteiger charge is 2.95. The van der Waals surface area contributed by atoms with Crippen molar-refractivity contribution < 1.29 is 14.3 Å². The van der Waals surface area contributed by atoms with E-state index in [1.807, 2.05) is 0 Å². The van der Waals surface area contributed by atoms with Gasteiger partial charge in [-0.15, -0.1) is 0 Å². The lowest BCUT2D eigenvalue weighted by Crippen LogP contribution is -2.72. The molecule has 0 spiro atoms. The number of rotatable bonds is 2. The quantitative estimate of drug-likeness (QED) is 0.731. The molecular formula is C17H27NO3. The summed E-state index contributed by atoms with van der Waals surface area (Å²) in [4.78, 5) is 15.4. The zero-order chi connectivity index (χ0) is 14.9. The van der Waals surface area contributed by atoms with Crippen molar-refractivity contribution in [3.63, 3.8) is 0 Å². The molecule has 0 bridgehead atoms. The summed E-state index contributed by atoms with van der Waals surface area (Å²) in [5.41, 5.74) is -0.110. The van der Waals surface area contributed by atoms with Gasteiger partial charge in [-0.3, -0.25) is 9.69 Å². The predicted molar refractivity (Wildman–Crippen MR) is 78.8 cm³/mol. The van der Waals surface area contributed by atoms with Crippen LogP contribution in [0.4, 0.5) is 0 Å². The number of ether oxygens (including phenoxy) is 2. The molecule has 4 aliphatic rings. The van der Waals surface area contributed by atoms with Crippen molar-refractivity contribution in [1.82, 2.24) is 4.90 Å². The fourth-order valence-electron chi connectivity index (χ4n) is 6.79. The summed E-state index contributed by atoms with van der Waals surface area (Å²) in [5.74, 6) is 1.25. The SMILES string of the molecule is COC(=O)[C@@]12[C@@H]([C@H]3CCCC[C@]31N1CCOCC1)C2(C)C. The summed E-state index contributed by atoms with van der Waals surface area (Å²) < 4.78 is 10.9. The number of morpholine rings is 1. The Morgan fingerprint density at radius 2 is 1.95 bits per heavy atom. The summed E-state index contributed by atoms with van der Waals surface area (Å²) in [6.45, 7) is 8.12. The lowest BCUT2D eigenvalue weighted by atomic mass is 9.51. The van der Waals surface area contributed by atoms with Gasteiger partial charge in [-0.2, -0.15) is 0 Å². The summed E-state index contributed by atoms with van der Waals surface area (Å²) in [6.07, 6.45) is 5.01. The van der Waals surface area contributed by atoms with Gasteiger partial charge in [-0.1, -0.05) is 26.7 Å². The van der Waals surface area contributed by atoms with Gasteiger partial charge in [0, 0.05) is 18.6 Å². The van der Waals surface area contributed by atoms with Crippen LogP contribution in [-0.2, 0) is 14.3 Å². The number of hydrogen-bond donors (Lipinski definition) is 0. The number of fused-ring (bicyclic) bond motifs is 4. The largest absolute Gasteiger partial charge is 0.469 e. The molecule has 0 unspecified atom stereocenters. The second kappa shape index (κ2) is 4.23. The van der Waals surface area contributed by atoms with E-state index in [0.29, 0.717) is 11.8 Å². The molecule has 0 radical (unpaired) electrons. The van der Waals surface area contributed by atoms with Crippen LogP contribution in [0.5, 0.6) is 0 Å². The Bertz CT molecular complexity index is 471. The lowest BCUT2D eigenvalue weighted by Gasteiger charge is -2.62. The minimum Gasteiger partial charge on any atom is -0.469 e. The van der Waals surface area contributed by atoms with Crippen LogP contribution in [0.15, 0.2) is 0 Å². The number of esters is 1. The fourth-order valence-corrected chi connectivity index (χ4v) is 6.79. The van der Waals surface area contributed by atoms with E-state index in [-0.39, 0.29) is 22.3 Å². The molecule has 3 saturated carbocycles. The van der Waals surface area contributed by atoms with Crippen molar-refractivity contribution in [1.29, 1.82) is 0 Å². The van der Waals surface area contributed by atoms with E-state index in [1.54, 1.807) is 7.11 Å². The maximum atomic E-state index is 12.8. The summed E-state index contributed by atoms with van der Waals surface area (Å²) >= 11 is 0. The molecule has 4 fully saturated rings. The normalized spacial score (nSPS) is 47.8. The molecule has 0 amide bonds. The first-order chi connectivity index (χ1) is 10.0. The van der Waals surface area contributed by atoms with Gasteiger partial charge in [0.25, 0.3) is 0 Å². The molecule has 4 nitrogen and oxygen atoms in total. The Hall–Kier alpha value is -0.610. The number of carbonyl (C=O) groups is 1. The lowest BCUT2D eigenvalue weighted by molar-refractivity contribution is -0.193. The molecule has 0 aromatic carbocycles. The Morgan fingerprint density at radius 3 is 2.62 bits per heavy atom. The van der Waals surface area contributed by atoms with Gasteiger partial charge in [-0.05, 0) is 30.1 Å². The van der Waals surface area contributed by atoms with Gasteiger partial charge < -0.3 is 9.47 Å². The Labute approximate surface area is 127 Å². The monoisotopic (exact) mass is 293 g/mol. The highest BCUT2D eigenvalue weighted by Crippen LogP contribution is 2.90.